The second-order valence-electron chi connectivity index (χ2n) is 6.08. The number of aromatic nitrogens is 2. The van der Waals surface area contributed by atoms with E-state index in [0.29, 0.717) is 32.4 Å². The van der Waals surface area contributed by atoms with Crippen molar-refractivity contribution in [3.63, 3.8) is 0 Å². The van der Waals surface area contributed by atoms with Gasteiger partial charge in [-0.2, -0.15) is 0 Å². The van der Waals surface area contributed by atoms with Crippen LogP contribution in [0.25, 0.3) is 16.6 Å². The van der Waals surface area contributed by atoms with Gasteiger partial charge in [-0.1, -0.05) is 35.3 Å². The Labute approximate surface area is 165 Å². The van der Waals surface area contributed by atoms with Gasteiger partial charge in [0.1, 0.15) is 0 Å². The van der Waals surface area contributed by atoms with E-state index >= 15 is 0 Å². The zero-order valence-electron chi connectivity index (χ0n) is 14.4. The Morgan fingerprint density at radius 3 is 2.07 bits per heavy atom. The summed E-state index contributed by atoms with van der Waals surface area (Å²) >= 11 is 12.0. The fourth-order valence-corrected chi connectivity index (χ4v) is 3.25. The van der Waals surface area contributed by atoms with E-state index < -0.39 is 0 Å². The summed E-state index contributed by atoms with van der Waals surface area (Å²) in [5.41, 5.74) is 2.56. The van der Waals surface area contributed by atoms with E-state index in [9.17, 15) is 4.79 Å². The van der Waals surface area contributed by atoms with Crippen molar-refractivity contribution in [2.45, 2.75) is 0 Å². The van der Waals surface area contributed by atoms with Gasteiger partial charge < -0.3 is 4.57 Å². The molecule has 4 aromatic rings. The largest absolute Gasteiger partial charge is 0.314 e. The lowest BCUT2D eigenvalue weighted by molar-refractivity contribution is 0.745. The number of nitrogens with zero attached hydrogens (tertiary/aromatic N) is 3. The number of hydrogen-bond acceptors (Lipinski definition) is 2. The predicted octanol–water partition coefficient (Wildman–Crippen LogP) is 4.87. The van der Waals surface area contributed by atoms with Crippen LogP contribution in [0.5, 0.6) is 0 Å². The van der Waals surface area contributed by atoms with Crippen LogP contribution in [0.4, 0.5) is 5.69 Å². The molecule has 6 heteroatoms. The van der Waals surface area contributed by atoms with E-state index in [-0.39, 0.29) is 5.56 Å². The molecule has 4 nitrogen and oxygen atoms in total. The first-order valence-corrected chi connectivity index (χ1v) is 9.07. The zero-order chi connectivity index (χ0) is 19.0. The molecule has 0 radical (unpaired) electrons. The summed E-state index contributed by atoms with van der Waals surface area (Å²) in [6.45, 7) is 0. The van der Waals surface area contributed by atoms with Crippen molar-refractivity contribution in [2.24, 2.45) is 12.0 Å². The Hall–Kier alpha value is -2.82. The number of halogens is 2. The van der Waals surface area contributed by atoms with Crippen molar-refractivity contribution in [1.29, 1.82) is 0 Å². The van der Waals surface area contributed by atoms with Crippen LogP contribution in [0.3, 0.4) is 0 Å². The number of aryl methyl sites for hydroxylation is 1. The second-order valence-corrected chi connectivity index (χ2v) is 6.95. The molecule has 1 aromatic heterocycles. The van der Waals surface area contributed by atoms with Crippen LogP contribution < -0.4 is 11.2 Å². The Bertz CT molecular complexity index is 1250. The normalized spacial score (nSPS) is 11.9. The molecule has 3 aromatic carbocycles. The molecule has 0 amide bonds. The molecule has 0 atom stereocenters. The van der Waals surface area contributed by atoms with Crippen molar-refractivity contribution >= 4 is 39.8 Å². The zero-order valence-corrected chi connectivity index (χ0v) is 15.9. The minimum Gasteiger partial charge on any atom is -0.314 e. The van der Waals surface area contributed by atoms with Crippen molar-refractivity contribution in [2.75, 3.05) is 0 Å². The van der Waals surface area contributed by atoms with E-state index in [1.54, 1.807) is 41.0 Å². The van der Waals surface area contributed by atoms with Crippen LogP contribution in [0.1, 0.15) is 0 Å². The van der Waals surface area contributed by atoms with Gasteiger partial charge in [0, 0.05) is 17.1 Å². The van der Waals surface area contributed by atoms with Crippen molar-refractivity contribution in [1.82, 2.24) is 9.13 Å². The van der Waals surface area contributed by atoms with Crippen LogP contribution in [0, 0.1) is 0 Å². The smallest absolute Gasteiger partial charge is 0.267 e. The highest BCUT2D eigenvalue weighted by atomic mass is 35.5. The van der Waals surface area contributed by atoms with Crippen molar-refractivity contribution in [3.8, 4) is 5.69 Å². The van der Waals surface area contributed by atoms with Crippen molar-refractivity contribution < 1.29 is 0 Å². The highest BCUT2D eigenvalue weighted by Gasteiger charge is 2.11. The lowest BCUT2D eigenvalue weighted by atomic mass is 10.2. The SMILES string of the molecule is Cn1c(=Nc2ccc(Cl)cc2)n(-c2ccc(Cl)cc2)c(=O)c2ccccc21. The van der Waals surface area contributed by atoms with Gasteiger partial charge in [-0.05, 0) is 60.7 Å². The molecular formula is C21H15Cl2N3O. The summed E-state index contributed by atoms with van der Waals surface area (Å²) in [5.74, 6) is 0. The minimum atomic E-state index is -0.140. The number of benzene rings is 3. The molecule has 0 bridgehead atoms. The maximum Gasteiger partial charge on any atom is 0.267 e. The van der Waals surface area contributed by atoms with Gasteiger partial charge in [-0.25, -0.2) is 9.56 Å². The third-order valence-corrected chi connectivity index (χ3v) is 4.84. The van der Waals surface area contributed by atoms with E-state index in [2.05, 4.69) is 0 Å². The fourth-order valence-electron chi connectivity index (χ4n) is 2.99. The van der Waals surface area contributed by atoms with Gasteiger partial charge in [0.15, 0.2) is 0 Å². The molecule has 0 fully saturated rings. The standard InChI is InChI=1S/C21H15Cl2N3O/c1-25-19-5-3-2-4-18(19)20(27)26(17-12-8-15(23)9-13-17)21(25)24-16-10-6-14(22)7-11-16/h2-13H,1H3. The first-order valence-electron chi connectivity index (χ1n) is 8.31. The third kappa shape index (κ3) is 3.29. The predicted molar refractivity (Wildman–Crippen MR) is 110 cm³/mol. The molecule has 134 valence electrons. The molecular weight excluding hydrogens is 381 g/mol. The van der Waals surface area contributed by atoms with Gasteiger partial charge in [-0.15, -0.1) is 0 Å². The van der Waals surface area contributed by atoms with Gasteiger partial charge in [0.2, 0.25) is 5.62 Å². The van der Waals surface area contributed by atoms with E-state index in [0.717, 1.165) is 5.52 Å². The molecule has 4 rings (SSSR count). The van der Waals surface area contributed by atoms with Gasteiger partial charge >= 0.3 is 0 Å². The van der Waals surface area contributed by atoms with Crippen LogP contribution in [-0.4, -0.2) is 9.13 Å². The van der Waals surface area contributed by atoms with Crippen LogP contribution in [0.2, 0.25) is 10.0 Å². The Balaban J connectivity index is 2.13. The molecule has 0 aliphatic heterocycles. The molecule has 0 N–H and O–H groups in total. The third-order valence-electron chi connectivity index (χ3n) is 4.34. The van der Waals surface area contributed by atoms with Gasteiger partial charge in [0.05, 0.1) is 22.3 Å². The maximum absolute atomic E-state index is 13.3. The molecule has 0 aliphatic rings. The Morgan fingerprint density at radius 1 is 0.815 bits per heavy atom. The topological polar surface area (TPSA) is 39.3 Å². The number of rotatable bonds is 2. The molecule has 0 saturated heterocycles. The summed E-state index contributed by atoms with van der Waals surface area (Å²) in [6.07, 6.45) is 0. The highest BCUT2D eigenvalue weighted by Crippen LogP contribution is 2.17. The lowest BCUT2D eigenvalue weighted by Gasteiger charge is -2.14. The summed E-state index contributed by atoms with van der Waals surface area (Å²) in [5, 5.41) is 1.85. The summed E-state index contributed by atoms with van der Waals surface area (Å²) < 4.78 is 3.49. The van der Waals surface area contributed by atoms with Crippen LogP contribution in [-0.2, 0) is 7.05 Å². The van der Waals surface area contributed by atoms with E-state index in [1.165, 1.54) is 0 Å². The number of hydrogen-bond donors (Lipinski definition) is 0. The summed E-state index contributed by atoms with van der Waals surface area (Å²) in [7, 11) is 1.89. The quantitative estimate of drug-likeness (QED) is 0.477. The average Bonchev–Trinajstić information content (AvgIpc) is 2.69. The maximum atomic E-state index is 13.3. The van der Waals surface area contributed by atoms with Gasteiger partial charge in [-0.3, -0.25) is 4.79 Å². The molecule has 27 heavy (non-hydrogen) atoms. The molecule has 0 saturated carbocycles. The van der Waals surface area contributed by atoms with Gasteiger partial charge in [0.25, 0.3) is 5.56 Å². The lowest BCUT2D eigenvalue weighted by Crippen LogP contribution is -2.38. The molecule has 0 aliphatic carbocycles. The Morgan fingerprint density at radius 2 is 1.41 bits per heavy atom. The minimum absolute atomic E-state index is 0.140. The van der Waals surface area contributed by atoms with Crippen LogP contribution >= 0.6 is 23.2 Å². The molecule has 0 unspecified atom stereocenters. The summed E-state index contributed by atoms with van der Waals surface area (Å²) in [6, 6.07) is 21.8. The highest BCUT2D eigenvalue weighted by molar-refractivity contribution is 6.30. The first-order chi connectivity index (χ1) is 13.0. The molecule has 1 heterocycles. The summed E-state index contributed by atoms with van der Waals surface area (Å²) in [4.78, 5) is 18.0. The monoisotopic (exact) mass is 395 g/mol. The van der Waals surface area contributed by atoms with E-state index in [1.807, 2.05) is 48.0 Å². The van der Waals surface area contributed by atoms with Crippen molar-refractivity contribution in [3.05, 3.63) is 98.8 Å². The second kappa shape index (κ2) is 7.06. The fraction of sp³-hybridized carbons (Fsp3) is 0.0476. The number of fused-ring (bicyclic) bond motifs is 1. The van der Waals surface area contributed by atoms with E-state index in [4.69, 9.17) is 28.2 Å². The first kappa shape index (κ1) is 17.6. The molecule has 0 spiro atoms. The Kier molecular flexibility index (Phi) is 4.60. The average molecular weight is 396 g/mol. The van der Waals surface area contributed by atoms with Crippen LogP contribution in [0.15, 0.2) is 82.6 Å². The number of para-hydroxylation sites is 1.